The highest BCUT2D eigenvalue weighted by Crippen LogP contribution is 2.39. The van der Waals surface area contributed by atoms with Crippen molar-refractivity contribution in [1.29, 1.82) is 0 Å². The normalized spacial score (nSPS) is 29.1. The van der Waals surface area contributed by atoms with Gasteiger partial charge in [0.15, 0.2) is 14.6 Å². The summed E-state index contributed by atoms with van der Waals surface area (Å²) < 4.78 is 38.5. The Morgan fingerprint density at radius 2 is 1.53 bits per heavy atom. The van der Waals surface area contributed by atoms with Gasteiger partial charge in [0.1, 0.15) is 18.3 Å². The highest BCUT2D eigenvalue weighted by atomic mass is 127. The molecule has 200 valence electrons. The standard InChI is InChI=1S/C25H49IO6Si2/c1-14-15-18(31-24-23(29-8)22(28-7)21(27-6)17(2)30-24)19(16-20(26)33(9,10)11)32-34(12,13)25(3,4)5/h14,16-19,21-24H,1,15H2,2-13H3/b20-16+/t17-,18-,19+,21-,22+,23+,24-/m0/s1. The second-order valence-electron chi connectivity index (χ2n) is 11.6. The summed E-state index contributed by atoms with van der Waals surface area (Å²) >= 11 is 2.48. The average Bonchev–Trinajstić information content (AvgIpc) is 2.70. The van der Waals surface area contributed by atoms with Crippen LogP contribution in [0.3, 0.4) is 0 Å². The molecule has 0 aliphatic carbocycles. The fourth-order valence-electron chi connectivity index (χ4n) is 3.66. The molecule has 1 fully saturated rings. The van der Waals surface area contributed by atoms with E-state index in [-0.39, 0.29) is 35.6 Å². The van der Waals surface area contributed by atoms with Crippen LogP contribution < -0.4 is 0 Å². The first kappa shape index (κ1) is 32.4. The first-order valence-corrected chi connectivity index (χ1v) is 19.6. The van der Waals surface area contributed by atoms with Crippen molar-refractivity contribution in [3.63, 3.8) is 0 Å². The second-order valence-corrected chi connectivity index (χ2v) is 23.6. The molecule has 0 amide bonds. The molecule has 9 heteroatoms. The zero-order valence-corrected chi connectivity index (χ0v) is 27.6. The predicted molar refractivity (Wildman–Crippen MR) is 154 cm³/mol. The molecule has 34 heavy (non-hydrogen) atoms. The molecule has 0 aromatic heterocycles. The molecule has 0 aromatic rings. The molecule has 1 saturated heterocycles. The van der Waals surface area contributed by atoms with Crippen LogP contribution in [0.4, 0.5) is 0 Å². The Morgan fingerprint density at radius 1 is 1.00 bits per heavy atom. The zero-order valence-electron chi connectivity index (χ0n) is 23.4. The van der Waals surface area contributed by atoms with Crippen LogP contribution in [0.25, 0.3) is 0 Å². The lowest BCUT2D eigenvalue weighted by Crippen LogP contribution is -2.60. The quantitative estimate of drug-likeness (QED) is 0.143. The molecule has 1 rings (SSSR count). The van der Waals surface area contributed by atoms with Gasteiger partial charge in [-0.3, -0.25) is 0 Å². The van der Waals surface area contributed by atoms with E-state index in [1.807, 2.05) is 13.0 Å². The third-order valence-corrected chi connectivity index (χ3v) is 18.2. The lowest BCUT2D eigenvalue weighted by atomic mass is 9.99. The van der Waals surface area contributed by atoms with Gasteiger partial charge in [0.25, 0.3) is 0 Å². The summed E-state index contributed by atoms with van der Waals surface area (Å²) in [5.74, 6) is 0. The number of hydrogen-bond donors (Lipinski definition) is 0. The molecule has 1 aliphatic rings. The third kappa shape index (κ3) is 8.48. The van der Waals surface area contributed by atoms with Crippen LogP contribution in [-0.4, -0.2) is 80.6 Å². The highest BCUT2D eigenvalue weighted by Gasteiger charge is 2.48. The maximum absolute atomic E-state index is 6.97. The van der Waals surface area contributed by atoms with Crippen LogP contribution in [0.15, 0.2) is 21.9 Å². The summed E-state index contributed by atoms with van der Waals surface area (Å²) in [6.45, 7) is 24.3. The van der Waals surface area contributed by atoms with Gasteiger partial charge in [0.2, 0.25) is 0 Å². The summed E-state index contributed by atoms with van der Waals surface area (Å²) in [4.78, 5) is 0. The number of methoxy groups -OCH3 is 3. The lowest BCUT2D eigenvalue weighted by Gasteiger charge is -2.46. The van der Waals surface area contributed by atoms with Crippen molar-refractivity contribution < 1.29 is 28.1 Å². The Kier molecular flexibility index (Phi) is 12.7. The van der Waals surface area contributed by atoms with Crippen LogP contribution >= 0.6 is 22.6 Å². The Morgan fingerprint density at radius 3 is 1.94 bits per heavy atom. The number of ether oxygens (including phenoxy) is 5. The van der Waals surface area contributed by atoms with E-state index in [0.29, 0.717) is 6.42 Å². The summed E-state index contributed by atoms with van der Waals surface area (Å²) in [6.07, 6.45) is 2.45. The summed E-state index contributed by atoms with van der Waals surface area (Å²) in [7, 11) is 1.37. The largest absolute Gasteiger partial charge is 0.408 e. The summed E-state index contributed by atoms with van der Waals surface area (Å²) in [6, 6.07) is 0. The van der Waals surface area contributed by atoms with Crippen molar-refractivity contribution in [2.45, 2.75) is 115 Å². The van der Waals surface area contributed by atoms with Crippen LogP contribution in [-0.2, 0) is 28.1 Å². The van der Waals surface area contributed by atoms with Gasteiger partial charge in [-0.1, -0.05) is 69.1 Å². The van der Waals surface area contributed by atoms with Gasteiger partial charge in [-0.2, -0.15) is 0 Å². The van der Waals surface area contributed by atoms with Gasteiger partial charge in [-0.05, 0) is 40.8 Å². The topological polar surface area (TPSA) is 55.4 Å². The maximum Gasteiger partial charge on any atom is 0.193 e. The molecular formula is C25H49IO6Si2. The molecule has 0 radical (unpaired) electrons. The number of rotatable bonds is 12. The summed E-state index contributed by atoms with van der Waals surface area (Å²) in [5, 5.41) is 0.0696. The lowest BCUT2D eigenvalue weighted by molar-refractivity contribution is -0.318. The maximum atomic E-state index is 6.97. The van der Waals surface area contributed by atoms with E-state index in [0.717, 1.165) is 0 Å². The molecular weight excluding hydrogens is 579 g/mol. The average molecular weight is 629 g/mol. The van der Waals surface area contributed by atoms with Gasteiger partial charge in [-0.25, -0.2) is 0 Å². The van der Waals surface area contributed by atoms with Crippen LogP contribution in [0, 0.1) is 0 Å². The van der Waals surface area contributed by atoms with Crippen molar-refractivity contribution in [2.24, 2.45) is 0 Å². The van der Waals surface area contributed by atoms with Crippen molar-refractivity contribution >= 4 is 39.0 Å². The van der Waals surface area contributed by atoms with Gasteiger partial charge in [-0.15, -0.1) is 6.58 Å². The first-order valence-electron chi connectivity index (χ1n) is 12.1. The predicted octanol–water partition coefficient (Wildman–Crippen LogP) is 6.32. The fourth-order valence-corrected chi connectivity index (χ4v) is 5.93. The second kappa shape index (κ2) is 13.3. The monoisotopic (exact) mass is 628 g/mol. The minimum Gasteiger partial charge on any atom is -0.408 e. The minimum absolute atomic E-state index is 0.0696. The van der Waals surface area contributed by atoms with E-state index in [9.17, 15) is 0 Å². The highest BCUT2D eigenvalue weighted by molar-refractivity contribution is 14.1. The van der Waals surface area contributed by atoms with E-state index in [1.165, 1.54) is 3.20 Å². The van der Waals surface area contributed by atoms with Gasteiger partial charge in [0, 0.05) is 21.3 Å². The van der Waals surface area contributed by atoms with E-state index in [2.05, 4.69) is 88.8 Å². The van der Waals surface area contributed by atoms with E-state index in [4.69, 9.17) is 28.1 Å². The zero-order chi connectivity index (χ0) is 26.5. The molecule has 1 heterocycles. The summed E-state index contributed by atoms with van der Waals surface area (Å²) in [5.41, 5.74) is 0. The fraction of sp³-hybridized carbons (Fsp3) is 0.840. The Hall–Kier alpha value is 0.404. The molecule has 0 N–H and O–H groups in total. The first-order chi connectivity index (χ1) is 15.5. The van der Waals surface area contributed by atoms with Crippen LogP contribution in [0.2, 0.25) is 37.8 Å². The molecule has 7 atom stereocenters. The third-order valence-electron chi connectivity index (χ3n) is 6.88. The van der Waals surface area contributed by atoms with Crippen LogP contribution in [0.1, 0.15) is 34.1 Å². The van der Waals surface area contributed by atoms with Gasteiger partial charge in [0.05, 0.1) is 26.4 Å². The molecule has 0 aromatic carbocycles. The molecule has 0 spiro atoms. The smallest absolute Gasteiger partial charge is 0.193 e. The molecule has 1 aliphatic heterocycles. The van der Waals surface area contributed by atoms with Gasteiger partial charge < -0.3 is 28.1 Å². The molecule has 0 unspecified atom stereocenters. The van der Waals surface area contributed by atoms with E-state index in [1.54, 1.807) is 21.3 Å². The molecule has 6 nitrogen and oxygen atoms in total. The van der Waals surface area contributed by atoms with Gasteiger partial charge >= 0.3 is 0 Å². The van der Waals surface area contributed by atoms with Crippen LogP contribution in [0.5, 0.6) is 0 Å². The van der Waals surface area contributed by atoms with Crippen molar-refractivity contribution in [3.05, 3.63) is 21.9 Å². The Bertz CT molecular complexity index is 673. The number of hydrogen-bond acceptors (Lipinski definition) is 6. The van der Waals surface area contributed by atoms with E-state index >= 15 is 0 Å². The minimum atomic E-state index is -2.09. The van der Waals surface area contributed by atoms with Crippen molar-refractivity contribution in [3.8, 4) is 0 Å². The molecule has 0 bridgehead atoms. The Balaban J connectivity index is 3.40. The van der Waals surface area contributed by atoms with E-state index < -0.39 is 28.8 Å². The SMILES string of the molecule is C=CC[C@H](O[C@@H]1O[C@@H](C)[C@H](OC)[C@@H](OC)[C@H]1OC)[C@@H](/C=C(\I)[Si](C)(C)C)O[Si](C)(C)C(C)(C)C. The van der Waals surface area contributed by atoms with Crippen molar-refractivity contribution in [1.82, 2.24) is 0 Å². The van der Waals surface area contributed by atoms with Crippen molar-refractivity contribution in [2.75, 3.05) is 21.3 Å². The number of halogens is 1. The Labute approximate surface area is 224 Å². The molecule has 0 saturated carbocycles.